The summed E-state index contributed by atoms with van der Waals surface area (Å²) in [6.07, 6.45) is 1.59. The predicted octanol–water partition coefficient (Wildman–Crippen LogP) is 2.12. The van der Waals surface area contributed by atoms with Gasteiger partial charge in [0.15, 0.2) is 5.49 Å². The Labute approximate surface area is 193 Å². The molecule has 0 bridgehead atoms. The van der Waals surface area contributed by atoms with E-state index in [4.69, 9.17) is 14.2 Å². The first-order chi connectivity index (χ1) is 16.4. The number of esters is 1. The summed E-state index contributed by atoms with van der Waals surface area (Å²) >= 11 is 0. The van der Waals surface area contributed by atoms with Gasteiger partial charge in [-0.25, -0.2) is 9.78 Å². The van der Waals surface area contributed by atoms with E-state index in [-0.39, 0.29) is 45.6 Å². The Balaban J connectivity index is 2.03. The SMILES string of the molecule is CCOC(=O)c1cc2c(=O)n3ccccc3nc2n(C)c1=NC(=O)c1ccc(OC)cc1OC. The second kappa shape index (κ2) is 9.18. The summed E-state index contributed by atoms with van der Waals surface area (Å²) in [7, 11) is 4.50. The summed E-state index contributed by atoms with van der Waals surface area (Å²) in [5, 5.41) is 0.183. The van der Waals surface area contributed by atoms with Gasteiger partial charge in [0.05, 0.1) is 31.8 Å². The normalized spacial score (nSPS) is 11.6. The van der Waals surface area contributed by atoms with Gasteiger partial charge in [0.25, 0.3) is 11.5 Å². The van der Waals surface area contributed by atoms with E-state index in [0.29, 0.717) is 11.4 Å². The summed E-state index contributed by atoms with van der Waals surface area (Å²) in [5.41, 5.74) is 0.445. The van der Waals surface area contributed by atoms with Crippen molar-refractivity contribution in [2.75, 3.05) is 20.8 Å². The van der Waals surface area contributed by atoms with Gasteiger partial charge in [-0.1, -0.05) is 6.07 Å². The maximum absolute atomic E-state index is 13.2. The van der Waals surface area contributed by atoms with Gasteiger partial charge in [-0.3, -0.25) is 14.0 Å². The lowest BCUT2D eigenvalue weighted by atomic mass is 10.1. The lowest BCUT2D eigenvalue weighted by molar-refractivity contribution is 0.0523. The number of carbonyl (C=O) groups is 2. The van der Waals surface area contributed by atoms with Crippen LogP contribution < -0.4 is 20.5 Å². The molecule has 1 aromatic carbocycles. The lowest BCUT2D eigenvalue weighted by Gasteiger charge is -2.12. The van der Waals surface area contributed by atoms with Crippen LogP contribution in [-0.4, -0.2) is 46.7 Å². The number of carbonyl (C=O) groups excluding carboxylic acids is 2. The molecule has 4 aromatic rings. The molecule has 1 amide bonds. The maximum atomic E-state index is 13.2. The largest absolute Gasteiger partial charge is 0.497 e. The molecule has 3 aromatic heterocycles. The Bertz CT molecular complexity index is 1570. The molecule has 0 spiro atoms. The highest BCUT2D eigenvalue weighted by Gasteiger charge is 2.20. The molecule has 0 aliphatic carbocycles. The van der Waals surface area contributed by atoms with Gasteiger partial charge in [-0.05, 0) is 37.3 Å². The van der Waals surface area contributed by atoms with E-state index in [9.17, 15) is 14.4 Å². The van der Waals surface area contributed by atoms with Crippen LogP contribution in [0, 0.1) is 0 Å². The number of benzene rings is 1. The molecule has 0 aliphatic heterocycles. The van der Waals surface area contributed by atoms with E-state index in [1.165, 1.54) is 35.3 Å². The second-order valence-electron chi connectivity index (χ2n) is 7.23. The zero-order valence-electron chi connectivity index (χ0n) is 19.1. The molecule has 0 atom stereocenters. The highest BCUT2D eigenvalue weighted by atomic mass is 16.5. The summed E-state index contributed by atoms with van der Waals surface area (Å²) in [5.74, 6) is -0.603. The molecule has 10 heteroatoms. The minimum atomic E-state index is -0.717. The van der Waals surface area contributed by atoms with Crippen molar-refractivity contribution in [1.82, 2.24) is 14.0 Å². The number of amides is 1. The van der Waals surface area contributed by atoms with Gasteiger partial charge in [-0.15, -0.1) is 0 Å². The molecule has 0 N–H and O–H groups in total. The zero-order valence-corrected chi connectivity index (χ0v) is 19.1. The van der Waals surface area contributed by atoms with Crippen LogP contribution in [0.4, 0.5) is 0 Å². The van der Waals surface area contributed by atoms with Crippen molar-refractivity contribution in [3.8, 4) is 11.5 Å². The first-order valence-corrected chi connectivity index (χ1v) is 10.4. The first kappa shape index (κ1) is 22.7. The Morgan fingerprint density at radius 1 is 1.06 bits per heavy atom. The Hall–Kier alpha value is -4.47. The standard InChI is InChI=1S/C24H22N4O6/c1-5-34-24(31)17-13-16-20(25-19-8-6-7-11-28(19)23(16)30)27(2)21(17)26-22(29)15-10-9-14(32-3)12-18(15)33-4/h6-13H,5H2,1-4H3. The fourth-order valence-electron chi connectivity index (χ4n) is 3.59. The molecular formula is C24H22N4O6. The lowest BCUT2D eigenvalue weighted by Crippen LogP contribution is -2.31. The second-order valence-corrected chi connectivity index (χ2v) is 7.23. The number of hydrogen-bond donors (Lipinski definition) is 0. The number of nitrogens with zero attached hydrogens (tertiary/aromatic N) is 4. The van der Waals surface area contributed by atoms with E-state index >= 15 is 0 Å². The number of pyridine rings is 2. The number of methoxy groups -OCH3 is 2. The highest BCUT2D eigenvalue weighted by molar-refractivity contribution is 5.99. The molecule has 0 radical (unpaired) electrons. The Morgan fingerprint density at radius 2 is 1.85 bits per heavy atom. The average molecular weight is 462 g/mol. The molecule has 4 rings (SSSR count). The van der Waals surface area contributed by atoms with E-state index in [1.54, 1.807) is 50.5 Å². The quantitative estimate of drug-likeness (QED) is 0.330. The van der Waals surface area contributed by atoms with Gasteiger partial charge in [-0.2, -0.15) is 4.99 Å². The predicted molar refractivity (Wildman–Crippen MR) is 123 cm³/mol. The van der Waals surface area contributed by atoms with Crippen LogP contribution in [0.25, 0.3) is 16.7 Å². The smallest absolute Gasteiger partial charge is 0.341 e. The van der Waals surface area contributed by atoms with Crippen molar-refractivity contribution in [3.63, 3.8) is 0 Å². The van der Waals surface area contributed by atoms with Crippen LogP contribution in [-0.2, 0) is 11.8 Å². The van der Waals surface area contributed by atoms with Gasteiger partial charge in [0, 0.05) is 19.3 Å². The van der Waals surface area contributed by atoms with Crippen molar-refractivity contribution in [2.45, 2.75) is 6.92 Å². The fraction of sp³-hybridized carbons (Fsp3) is 0.208. The maximum Gasteiger partial charge on any atom is 0.341 e. The summed E-state index contributed by atoms with van der Waals surface area (Å²) in [6, 6.07) is 11.2. The molecule has 0 aliphatic rings. The molecule has 0 fully saturated rings. The highest BCUT2D eigenvalue weighted by Crippen LogP contribution is 2.25. The van der Waals surface area contributed by atoms with Crippen LogP contribution in [0.3, 0.4) is 0 Å². The van der Waals surface area contributed by atoms with E-state index in [2.05, 4.69) is 9.98 Å². The van der Waals surface area contributed by atoms with Gasteiger partial charge >= 0.3 is 5.97 Å². The number of rotatable bonds is 5. The third kappa shape index (κ3) is 3.90. The number of fused-ring (bicyclic) bond motifs is 2. The first-order valence-electron chi connectivity index (χ1n) is 10.4. The number of ether oxygens (including phenoxy) is 3. The van der Waals surface area contributed by atoms with Crippen LogP contribution in [0.1, 0.15) is 27.6 Å². The van der Waals surface area contributed by atoms with Gasteiger partial charge in [0.1, 0.15) is 28.4 Å². The minimum Gasteiger partial charge on any atom is -0.497 e. The molecule has 0 saturated carbocycles. The van der Waals surface area contributed by atoms with Crippen molar-refractivity contribution in [3.05, 3.63) is 75.6 Å². The molecule has 0 unspecified atom stereocenters. The summed E-state index contributed by atoms with van der Waals surface area (Å²) in [4.78, 5) is 47.8. The Kier molecular flexibility index (Phi) is 6.13. The van der Waals surface area contributed by atoms with E-state index < -0.39 is 11.9 Å². The number of hydrogen-bond acceptors (Lipinski definition) is 7. The number of aryl methyl sites for hydroxylation is 1. The minimum absolute atomic E-state index is 0.000928. The van der Waals surface area contributed by atoms with Crippen molar-refractivity contribution >= 4 is 28.6 Å². The van der Waals surface area contributed by atoms with E-state index in [1.807, 2.05) is 0 Å². The van der Waals surface area contributed by atoms with E-state index in [0.717, 1.165) is 0 Å². The molecule has 0 saturated heterocycles. The monoisotopic (exact) mass is 462 g/mol. The van der Waals surface area contributed by atoms with Crippen LogP contribution in [0.5, 0.6) is 11.5 Å². The van der Waals surface area contributed by atoms with Crippen molar-refractivity contribution in [1.29, 1.82) is 0 Å². The topological polar surface area (TPSA) is 113 Å². The molecule has 3 heterocycles. The zero-order chi connectivity index (χ0) is 24.4. The number of aromatic nitrogens is 3. The van der Waals surface area contributed by atoms with Gasteiger partial charge < -0.3 is 18.8 Å². The summed E-state index contributed by atoms with van der Waals surface area (Å²) in [6.45, 7) is 1.77. The van der Waals surface area contributed by atoms with Gasteiger partial charge in [0.2, 0.25) is 0 Å². The third-order valence-electron chi connectivity index (χ3n) is 5.26. The average Bonchev–Trinajstić information content (AvgIpc) is 2.85. The molecule has 10 nitrogen and oxygen atoms in total. The fourth-order valence-corrected chi connectivity index (χ4v) is 3.59. The molecule has 34 heavy (non-hydrogen) atoms. The third-order valence-corrected chi connectivity index (χ3v) is 5.26. The van der Waals surface area contributed by atoms with Crippen molar-refractivity contribution in [2.24, 2.45) is 12.0 Å². The molecule has 174 valence electrons. The summed E-state index contributed by atoms with van der Waals surface area (Å²) < 4.78 is 18.5. The van der Waals surface area contributed by atoms with Crippen LogP contribution >= 0.6 is 0 Å². The van der Waals surface area contributed by atoms with Crippen LogP contribution in [0.2, 0.25) is 0 Å². The van der Waals surface area contributed by atoms with Crippen molar-refractivity contribution < 1.29 is 23.8 Å². The van der Waals surface area contributed by atoms with Crippen LogP contribution in [0.15, 0.2) is 58.4 Å². The Morgan fingerprint density at radius 3 is 2.56 bits per heavy atom. The molecular weight excluding hydrogens is 440 g/mol.